The van der Waals surface area contributed by atoms with Crippen molar-refractivity contribution in [3.05, 3.63) is 70.8 Å². The van der Waals surface area contributed by atoms with Gasteiger partial charge in [0.25, 0.3) is 0 Å². The first-order chi connectivity index (χ1) is 15.0. The third-order valence-corrected chi connectivity index (χ3v) is 5.85. The molecule has 1 heterocycles. The molecule has 0 bridgehead atoms. The minimum Gasteiger partial charge on any atom is -0.373 e. The molecule has 1 N–H and O–H groups in total. The maximum atomic E-state index is 13.1. The average molecular weight is 476 g/mol. The SMILES string of the molecule is CNC(=S)N1CC[C@H](OCc2cc(C(F)(F)F)cc(C(F)(F)F)c2)[C@H](c2ccccc2)C1. The van der Waals surface area contributed by atoms with Gasteiger partial charge in [-0.05, 0) is 48.0 Å². The number of ether oxygens (including phenoxy) is 1. The Morgan fingerprint density at radius 2 is 1.62 bits per heavy atom. The van der Waals surface area contributed by atoms with Gasteiger partial charge in [-0.1, -0.05) is 30.3 Å². The monoisotopic (exact) mass is 476 g/mol. The zero-order valence-electron chi connectivity index (χ0n) is 17.1. The molecule has 174 valence electrons. The van der Waals surface area contributed by atoms with Crippen LogP contribution in [-0.4, -0.2) is 36.3 Å². The van der Waals surface area contributed by atoms with Gasteiger partial charge in [0.1, 0.15) is 0 Å². The second-order valence-corrected chi connectivity index (χ2v) is 7.96. The molecule has 32 heavy (non-hydrogen) atoms. The summed E-state index contributed by atoms with van der Waals surface area (Å²) in [6.07, 6.45) is -9.66. The summed E-state index contributed by atoms with van der Waals surface area (Å²) in [6.45, 7) is 0.715. The van der Waals surface area contributed by atoms with Gasteiger partial charge in [-0.15, -0.1) is 0 Å². The van der Waals surface area contributed by atoms with Gasteiger partial charge in [-0.25, -0.2) is 0 Å². The van der Waals surface area contributed by atoms with Crippen molar-refractivity contribution in [3.8, 4) is 0 Å². The van der Waals surface area contributed by atoms with Crippen molar-refractivity contribution in [1.82, 2.24) is 10.2 Å². The highest BCUT2D eigenvalue weighted by atomic mass is 32.1. The van der Waals surface area contributed by atoms with Crippen LogP contribution in [0.15, 0.2) is 48.5 Å². The smallest absolute Gasteiger partial charge is 0.373 e. The number of halogens is 6. The molecule has 3 nitrogen and oxygen atoms in total. The van der Waals surface area contributed by atoms with Gasteiger partial charge in [0, 0.05) is 26.1 Å². The lowest BCUT2D eigenvalue weighted by Crippen LogP contribution is -2.48. The Hall–Kier alpha value is -2.33. The van der Waals surface area contributed by atoms with Crippen molar-refractivity contribution in [2.24, 2.45) is 0 Å². The highest BCUT2D eigenvalue weighted by Gasteiger charge is 2.37. The number of nitrogens with one attached hydrogen (secondary N) is 1. The third kappa shape index (κ3) is 5.92. The highest BCUT2D eigenvalue weighted by molar-refractivity contribution is 7.80. The van der Waals surface area contributed by atoms with Crippen LogP contribution in [0.1, 0.15) is 34.6 Å². The molecule has 0 radical (unpaired) electrons. The predicted octanol–water partition coefficient (Wildman–Crippen LogP) is 5.60. The molecule has 0 aromatic heterocycles. The first-order valence-electron chi connectivity index (χ1n) is 9.90. The summed E-state index contributed by atoms with van der Waals surface area (Å²) >= 11 is 5.32. The first-order valence-corrected chi connectivity index (χ1v) is 10.3. The van der Waals surface area contributed by atoms with E-state index < -0.39 is 29.6 Å². The number of rotatable bonds is 4. The van der Waals surface area contributed by atoms with Gasteiger partial charge < -0.3 is 15.0 Å². The van der Waals surface area contributed by atoms with Gasteiger partial charge in [0.15, 0.2) is 5.11 Å². The second kappa shape index (κ2) is 9.66. The molecule has 0 aliphatic carbocycles. The lowest BCUT2D eigenvalue weighted by atomic mass is 9.88. The number of hydrogen-bond acceptors (Lipinski definition) is 2. The number of thiocarbonyl (C=S) groups is 1. The normalized spacial score (nSPS) is 19.7. The molecule has 0 unspecified atom stereocenters. The standard InChI is InChI=1S/C22H22F6N2OS/c1-29-20(32)30-8-7-19(18(12-30)15-5-3-2-4-6-15)31-13-14-9-16(21(23,24)25)11-17(10-14)22(26,27)28/h2-6,9-11,18-19H,7-8,12-13H2,1H3,(H,29,32)/t18-,19-/m0/s1. The largest absolute Gasteiger partial charge is 0.416 e. The molecule has 0 amide bonds. The summed E-state index contributed by atoms with van der Waals surface area (Å²) in [7, 11) is 1.72. The van der Waals surface area contributed by atoms with Crippen molar-refractivity contribution in [2.75, 3.05) is 20.1 Å². The molecule has 1 saturated heterocycles. The van der Waals surface area contributed by atoms with E-state index >= 15 is 0 Å². The van der Waals surface area contributed by atoms with Crippen LogP contribution in [0.4, 0.5) is 26.3 Å². The van der Waals surface area contributed by atoms with E-state index in [0.717, 1.165) is 5.56 Å². The lowest BCUT2D eigenvalue weighted by Gasteiger charge is -2.39. The molecule has 2 atom stereocenters. The molecule has 0 spiro atoms. The van der Waals surface area contributed by atoms with Crippen LogP contribution in [0.3, 0.4) is 0 Å². The van der Waals surface area contributed by atoms with Crippen LogP contribution in [0.5, 0.6) is 0 Å². The molecule has 1 fully saturated rings. The van der Waals surface area contributed by atoms with E-state index in [4.69, 9.17) is 17.0 Å². The average Bonchev–Trinajstić information content (AvgIpc) is 2.76. The van der Waals surface area contributed by atoms with Crippen molar-refractivity contribution < 1.29 is 31.1 Å². The zero-order valence-corrected chi connectivity index (χ0v) is 17.9. The van der Waals surface area contributed by atoms with Crippen LogP contribution >= 0.6 is 12.2 Å². The summed E-state index contributed by atoms with van der Waals surface area (Å²) in [5.41, 5.74) is -1.91. The molecule has 10 heteroatoms. The Labute approximate surface area is 187 Å². The van der Waals surface area contributed by atoms with Crippen molar-refractivity contribution in [2.45, 2.75) is 37.4 Å². The predicted molar refractivity (Wildman–Crippen MR) is 112 cm³/mol. The van der Waals surface area contributed by atoms with Crippen LogP contribution in [0.2, 0.25) is 0 Å². The summed E-state index contributed by atoms with van der Waals surface area (Å²) in [6, 6.07) is 11.0. The molecule has 1 aliphatic rings. The fourth-order valence-electron chi connectivity index (χ4n) is 3.80. The number of nitrogens with zero attached hydrogens (tertiary/aromatic N) is 1. The molecule has 2 aromatic carbocycles. The summed E-state index contributed by atoms with van der Waals surface area (Å²) < 4.78 is 84.7. The number of piperidine rings is 1. The molecule has 3 rings (SSSR count). The van der Waals surface area contributed by atoms with E-state index in [-0.39, 0.29) is 24.2 Å². The summed E-state index contributed by atoms with van der Waals surface area (Å²) in [5, 5.41) is 3.49. The molecular weight excluding hydrogens is 454 g/mol. The van der Waals surface area contributed by atoms with Crippen LogP contribution in [0, 0.1) is 0 Å². The molecule has 0 saturated carbocycles. The Morgan fingerprint density at radius 3 is 2.16 bits per heavy atom. The zero-order chi connectivity index (χ0) is 23.5. The van der Waals surface area contributed by atoms with Gasteiger partial charge in [0.05, 0.1) is 23.8 Å². The molecule has 2 aromatic rings. The lowest BCUT2D eigenvalue weighted by molar-refractivity contribution is -0.143. The van der Waals surface area contributed by atoms with Gasteiger partial charge >= 0.3 is 12.4 Å². The second-order valence-electron chi connectivity index (χ2n) is 7.57. The Bertz CT molecular complexity index is 900. The minimum atomic E-state index is -4.89. The van der Waals surface area contributed by atoms with Gasteiger partial charge in [-0.3, -0.25) is 0 Å². The fourth-order valence-corrected chi connectivity index (χ4v) is 3.96. The van der Waals surface area contributed by atoms with E-state index in [2.05, 4.69) is 5.32 Å². The number of benzene rings is 2. The van der Waals surface area contributed by atoms with E-state index in [1.165, 1.54) is 0 Å². The topological polar surface area (TPSA) is 24.5 Å². The third-order valence-electron chi connectivity index (χ3n) is 5.39. The maximum absolute atomic E-state index is 13.1. The summed E-state index contributed by atoms with van der Waals surface area (Å²) in [5.74, 6) is -0.149. The van der Waals surface area contributed by atoms with E-state index in [1.807, 2.05) is 35.2 Å². The number of hydrogen-bond donors (Lipinski definition) is 1. The van der Waals surface area contributed by atoms with Crippen molar-refractivity contribution in [3.63, 3.8) is 0 Å². The van der Waals surface area contributed by atoms with Crippen molar-refractivity contribution in [1.29, 1.82) is 0 Å². The van der Waals surface area contributed by atoms with E-state index in [9.17, 15) is 26.3 Å². The maximum Gasteiger partial charge on any atom is 0.416 e. The van der Waals surface area contributed by atoms with E-state index in [1.54, 1.807) is 7.05 Å². The quantitative estimate of drug-likeness (QED) is 0.459. The fraction of sp³-hybridized carbons (Fsp3) is 0.409. The molecular formula is C22H22F6N2OS. The summed E-state index contributed by atoms with van der Waals surface area (Å²) in [4.78, 5) is 1.97. The first kappa shape index (κ1) is 24.3. The Balaban J connectivity index is 1.83. The van der Waals surface area contributed by atoms with Crippen LogP contribution in [-0.2, 0) is 23.7 Å². The highest BCUT2D eigenvalue weighted by Crippen LogP contribution is 2.37. The number of likely N-dealkylation sites (tertiary alicyclic amines) is 1. The van der Waals surface area contributed by atoms with Gasteiger partial charge in [0.2, 0.25) is 0 Å². The van der Waals surface area contributed by atoms with Crippen LogP contribution in [0.25, 0.3) is 0 Å². The van der Waals surface area contributed by atoms with Crippen LogP contribution < -0.4 is 5.32 Å². The van der Waals surface area contributed by atoms with Gasteiger partial charge in [-0.2, -0.15) is 26.3 Å². The van der Waals surface area contributed by atoms with E-state index in [0.29, 0.717) is 36.8 Å². The minimum absolute atomic E-state index is 0.119. The van der Waals surface area contributed by atoms with Crippen molar-refractivity contribution >= 4 is 17.3 Å². The Morgan fingerprint density at radius 1 is 1.03 bits per heavy atom. The Kier molecular flexibility index (Phi) is 7.34. The number of alkyl halides is 6. The molecule has 1 aliphatic heterocycles.